The molecule has 0 spiro atoms. The Morgan fingerprint density at radius 1 is 1.59 bits per heavy atom. The van der Waals surface area contributed by atoms with Crippen LogP contribution in [0.2, 0.25) is 5.02 Å². The van der Waals surface area contributed by atoms with Crippen LogP contribution in [-0.2, 0) is 16.0 Å². The maximum absolute atomic E-state index is 13.4. The number of hydrogen-bond acceptors (Lipinski definition) is 4. The van der Waals surface area contributed by atoms with Crippen molar-refractivity contribution in [3.05, 3.63) is 38.7 Å². The molecule has 7 heteroatoms. The monoisotopic (exact) mass is 261 g/mol. The molecule has 0 fully saturated rings. The molecule has 0 radical (unpaired) electrons. The molecule has 17 heavy (non-hydrogen) atoms. The molecule has 1 aromatic carbocycles. The van der Waals surface area contributed by atoms with Gasteiger partial charge in [-0.1, -0.05) is 11.6 Å². The summed E-state index contributed by atoms with van der Waals surface area (Å²) in [6.07, 6.45) is -0.363. The number of halogens is 2. The van der Waals surface area contributed by atoms with E-state index in [1.807, 2.05) is 0 Å². The molecule has 92 valence electrons. The number of nitrogens with zero attached hydrogens (tertiary/aromatic N) is 1. The number of ether oxygens (including phenoxy) is 1. The van der Waals surface area contributed by atoms with Crippen LogP contribution in [0.5, 0.6) is 0 Å². The average Bonchev–Trinajstić information content (AvgIpc) is 2.23. The maximum Gasteiger partial charge on any atom is 0.310 e. The molecule has 0 heterocycles. The van der Waals surface area contributed by atoms with Crippen molar-refractivity contribution < 1.29 is 18.8 Å². The van der Waals surface area contributed by atoms with Crippen LogP contribution in [-0.4, -0.2) is 17.5 Å². The standard InChI is InChI=1S/C10H9ClFNO4/c1-2-17-8(14)5-6-3-4-7(11)9(12)10(6)13(15)16/h3-4H,2,5H2,1H3. The van der Waals surface area contributed by atoms with Crippen molar-refractivity contribution in [2.45, 2.75) is 13.3 Å². The van der Waals surface area contributed by atoms with Crippen molar-refractivity contribution in [3.8, 4) is 0 Å². The Bertz CT molecular complexity index is 464. The number of hydrogen-bond donors (Lipinski definition) is 0. The molecule has 0 saturated carbocycles. The first-order valence-corrected chi connectivity index (χ1v) is 5.12. The first-order chi connectivity index (χ1) is 7.97. The third kappa shape index (κ3) is 3.13. The second-order valence-electron chi connectivity index (χ2n) is 3.11. The van der Waals surface area contributed by atoms with E-state index in [-0.39, 0.29) is 23.6 Å². The first kappa shape index (κ1) is 13.4. The minimum atomic E-state index is -1.14. The smallest absolute Gasteiger partial charge is 0.310 e. The zero-order valence-electron chi connectivity index (χ0n) is 8.91. The van der Waals surface area contributed by atoms with Gasteiger partial charge in [0.2, 0.25) is 5.82 Å². The van der Waals surface area contributed by atoms with Gasteiger partial charge in [-0.3, -0.25) is 14.9 Å². The second-order valence-corrected chi connectivity index (χ2v) is 3.52. The Kier molecular flexibility index (Phi) is 4.39. The molecule has 0 N–H and O–H groups in total. The van der Waals surface area contributed by atoms with Gasteiger partial charge in [0.1, 0.15) is 0 Å². The average molecular weight is 262 g/mol. The van der Waals surface area contributed by atoms with Gasteiger partial charge in [0.25, 0.3) is 0 Å². The summed E-state index contributed by atoms with van der Waals surface area (Å²) >= 11 is 5.43. The lowest BCUT2D eigenvalue weighted by Crippen LogP contribution is -2.10. The summed E-state index contributed by atoms with van der Waals surface area (Å²) < 4.78 is 18.1. The van der Waals surface area contributed by atoms with Crippen molar-refractivity contribution in [3.63, 3.8) is 0 Å². The molecule has 0 amide bonds. The van der Waals surface area contributed by atoms with Crippen molar-refractivity contribution in [1.29, 1.82) is 0 Å². The predicted octanol–water partition coefficient (Wildman–Crippen LogP) is 2.49. The molecule has 0 aliphatic heterocycles. The Morgan fingerprint density at radius 2 is 2.24 bits per heavy atom. The molecule has 0 aliphatic rings. The van der Waals surface area contributed by atoms with Crippen LogP contribution >= 0.6 is 11.6 Å². The summed E-state index contributed by atoms with van der Waals surface area (Å²) in [4.78, 5) is 21.0. The summed E-state index contributed by atoms with van der Waals surface area (Å²) in [5.41, 5.74) is -0.846. The lowest BCUT2D eigenvalue weighted by Gasteiger charge is -2.04. The maximum atomic E-state index is 13.4. The molecule has 5 nitrogen and oxygen atoms in total. The Labute approximate surface area is 101 Å². The fraction of sp³-hybridized carbons (Fsp3) is 0.300. The van der Waals surface area contributed by atoms with Crippen LogP contribution in [0, 0.1) is 15.9 Å². The van der Waals surface area contributed by atoms with E-state index in [4.69, 9.17) is 11.6 Å². The fourth-order valence-corrected chi connectivity index (χ4v) is 1.44. The van der Waals surface area contributed by atoms with Crippen LogP contribution in [0.1, 0.15) is 12.5 Å². The summed E-state index contributed by atoms with van der Waals surface area (Å²) in [7, 11) is 0. The number of nitro benzene ring substituents is 1. The zero-order valence-corrected chi connectivity index (χ0v) is 9.66. The quantitative estimate of drug-likeness (QED) is 0.474. The molecule has 0 bridgehead atoms. The van der Waals surface area contributed by atoms with E-state index in [0.29, 0.717) is 0 Å². The molecule has 0 saturated heterocycles. The third-order valence-corrected chi connectivity index (χ3v) is 2.27. The highest BCUT2D eigenvalue weighted by molar-refractivity contribution is 6.31. The van der Waals surface area contributed by atoms with E-state index in [2.05, 4.69) is 4.74 Å². The van der Waals surface area contributed by atoms with Gasteiger partial charge in [-0.2, -0.15) is 4.39 Å². The summed E-state index contributed by atoms with van der Waals surface area (Å²) in [6, 6.07) is 2.40. The number of nitro groups is 1. The van der Waals surface area contributed by atoms with Crippen LogP contribution in [0.25, 0.3) is 0 Å². The molecule has 0 atom stereocenters. The zero-order chi connectivity index (χ0) is 13.0. The van der Waals surface area contributed by atoms with E-state index < -0.39 is 22.4 Å². The van der Waals surface area contributed by atoms with Gasteiger partial charge in [-0.15, -0.1) is 0 Å². The largest absolute Gasteiger partial charge is 0.466 e. The highest BCUT2D eigenvalue weighted by Crippen LogP contribution is 2.28. The molecule has 1 aromatic rings. The van der Waals surface area contributed by atoms with Gasteiger partial charge < -0.3 is 4.74 Å². The van der Waals surface area contributed by atoms with Crippen molar-refractivity contribution in [1.82, 2.24) is 0 Å². The highest BCUT2D eigenvalue weighted by atomic mass is 35.5. The third-order valence-electron chi connectivity index (χ3n) is 1.98. The number of rotatable bonds is 4. The minimum Gasteiger partial charge on any atom is -0.466 e. The summed E-state index contributed by atoms with van der Waals surface area (Å²) in [6.45, 7) is 1.76. The van der Waals surface area contributed by atoms with Gasteiger partial charge in [0.15, 0.2) is 0 Å². The van der Waals surface area contributed by atoms with Crippen molar-refractivity contribution in [2.24, 2.45) is 0 Å². The number of carbonyl (C=O) groups is 1. The molecular weight excluding hydrogens is 253 g/mol. The minimum absolute atomic E-state index is 0.0599. The number of benzene rings is 1. The molecule has 1 rings (SSSR count). The van der Waals surface area contributed by atoms with E-state index >= 15 is 0 Å². The van der Waals surface area contributed by atoms with Crippen LogP contribution < -0.4 is 0 Å². The van der Waals surface area contributed by atoms with E-state index in [9.17, 15) is 19.3 Å². The Hall–Kier alpha value is -1.69. The van der Waals surface area contributed by atoms with Crippen molar-refractivity contribution in [2.75, 3.05) is 6.61 Å². The van der Waals surface area contributed by atoms with Crippen LogP contribution in [0.3, 0.4) is 0 Å². The van der Waals surface area contributed by atoms with Crippen LogP contribution in [0.15, 0.2) is 12.1 Å². The molecule has 0 aromatic heterocycles. The van der Waals surface area contributed by atoms with E-state index in [1.165, 1.54) is 12.1 Å². The molecule has 0 unspecified atom stereocenters. The van der Waals surface area contributed by atoms with Gasteiger partial charge in [-0.05, 0) is 19.1 Å². The molecule has 0 aliphatic carbocycles. The number of esters is 1. The van der Waals surface area contributed by atoms with E-state index in [1.54, 1.807) is 6.92 Å². The van der Waals surface area contributed by atoms with Gasteiger partial charge in [-0.25, -0.2) is 0 Å². The van der Waals surface area contributed by atoms with Gasteiger partial charge in [0, 0.05) is 5.56 Å². The SMILES string of the molecule is CCOC(=O)Cc1ccc(Cl)c(F)c1[N+](=O)[O-]. The summed E-state index contributed by atoms with van der Waals surface area (Å²) in [5.74, 6) is -1.80. The van der Waals surface area contributed by atoms with Gasteiger partial charge in [0.05, 0.1) is 23.0 Å². The van der Waals surface area contributed by atoms with Crippen LogP contribution in [0.4, 0.5) is 10.1 Å². The lowest BCUT2D eigenvalue weighted by atomic mass is 10.1. The molecular formula is C10H9ClFNO4. The topological polar surface area (TPSA) is 69.4 Å². The fourth-order valence-electron chi connectivity index (χ4n) is 1.29. The van der Waals surface area contributed by atoms with Crippen molar-refractivity contribution >= 4 is 23.3 Å². The Balaban J connectivity index is 3.11. The number of carbonyl (C=O) groups excluding carboxylic acids is 1. The summed E-state index contributed by atoms with van der Waals surface area (Å²) in [5, 5.41) is 10.3. The predicted molar refractivity (Wildman–Crippen MR) is 58.4 cm³/mol. The first-order valence-electron chi connectivity index (χ1n) is 4.74. The van der Waals surface area contributed by atoms with Gasteiger partial charge >= 0.3 is 11.7 Å². The van der Waals surface area contributed by atoms with E-state index in [0.717, 1.165) is 0 Å². The Morgan fingerprint density at radius 3 is 2.76 bits per heavy atom. The lowest BCUT2D eigenvalue weighted by molar-refractivity contribution is -0.388. The highest BCUT2D eigenvalue weighted by Gasteiger charge is 2.24. The second kappa shape index (κ2) is 5.58. The normalized spacial score (nSPS) is 10.1.